The maximum atomic E-state index is 2.35. The zero-order valence-corrected chi connectivity index (χ0v) is 27.1. The molecule has 1 nitrogen and oxygen atoms in total. The quantitative estimate of drug-likeness (QED) is 0.176. The Kier molecular flexibility index (Phi) is 6.93. The number of rotatable bonds is 6. The first kappa shape index (κ1) is 27.8. The van der Waals surface area contributed by atoms with Gasteiger partial charge in [0.2, 0.25) is 0 Å². The summed E-state index contributed by atoms with van der Waals surface area (Å²) in [5.41, 5.74) is 8.29. The van der Waals surface area contributed by atoms with Crippen LogP contribution in [-0.2, 0) is 0 Å². The van der Waals surface area contributed by atoms with Crippen LogP contribution in [-0.4, -0.2) is 0 Å². The first-order valence-corrected chi connectivity index (χ1v) is 17.5. The third-order valence-electron chi connectivity index (χ3n) is 8.88. The Morgan fingerprint density at radius 1 is 0.298 bits per heavy atom. The van der Waals surface area contributed by atoms with Crippen molar-refractivity contribution in [1.82, 2.24) is 0 Å². The van der Waals surface area contributed by atoms with E-state index in [0.717, 1.165) is 17.1 Å². The fourth-order valence-corrected chi connectivity index (χ4v) is 8.55. The average molecular weight is 636 g/mol. The standard InChI is InChI=1S/C44H29NS2/c1-2-8-34-27-35(14-13-30(34)7-1)31-15-21-38(22-16-31)45(39-23-17-32(18-24-39)43-28-36-9-3-5-11-41(36)46-43)40-25-19-33(20-26-40)44-29-37-10-4-6-12-42(37)47-44/h1-29H. The van der Waals surface area contributed by atoms with Crippen molar-refractivity contribution in [3.63, 3.8) is 0 Å². The number of anilines is 3. The van der Waals surface area contributed by atoms with E-state index in [4.69, 9.17) is 0 Å². The maximum Gasteiger partial charge on any atom is 0.0462 e. The molecular formula is C44H29NS2. The molecular weight excluding hydrogens is 607 g/mol. The lowest BCUT2D eigenvalue weighted by Crippen LogP contribution is -2.09. The van der Waals surface area contributed by atoms with E-state index in [9.17, 15) is 0 Å². The molecule has 2 heterocycles. The smallest absolute Gasteiger partial charge is 0.0462 e. The summed E-state index contributed by atoms with van der Waals surface area (Å²) in [6.07, 6.45) is 0. The monoisotopic (exact) mass is 635 g/mol. The molecule has 0 atom stereocenters. The molecule has 47 heavy (non-hydrogen) atoms. The molecule has 2 aromatic heterocycles. The molecule has 0 bridgehead atoms. The Hall–Kier alpha value is -5.48. The minimum absolute atomic E-state index is 1.12. The molecule has 0 radical (unpaired) electrons. The van der Waals surface area contributed by atoms with Gasteiger partial charge in [-0.1, -0.05) is 109 Å². The summed E-state index contributed by atoms with van der Waals surface area (Å²) < 4.78 is 2.64. The number of nitrogens with zero attached hydrogens (tertiary/aromatic N) is 1. The molecule has 3 heteroatoms. The minimum Gasteiger partial charge on any atom is -0.311 e. The first-order chi connectivity index (χ1) is 23.2. The van der Waals surface area contributed by atoms with Gasteiger partial charge in [-0.05, 0) is 111 Å². The van der Waals surface area contributed by atoms with Crippen LogP contribution in [0, 0.1) is 0 Å². The molecule has 0 aliphatic rings. The molecule has 9 aromatic rings. The molecule has 7 aromatic carbocycles. The second-order valence-electron chi connectivity index (χ2n) is 11.8. The number of benzene rings is 7. The summed E-state index contributed by atoms with van der Waals surface area (Å²) in [6.45, 7) is 0. The zero-order valence-electron chi connectivity index (χ0n) is 25.5. The lowest BCUT2D eigenvalue weighted by Gasteiger charge is -2.26. The van der Waals surface area contributed by atoms with Gasteiger partial charge in [-0.15, -0.1) is 22.7 Å². The molecule has 0 fully saturated rings. The van der Waals surface area contributed by atoms with Crippen LogP contribution >= 0.6 is 22.7 Å². The second-order valence-corrected chi connectivity index (χ2v) is 14.0. The molecule has 0 spiro atoms. The number of hydrogen-bond acceptors (Lipinski definition) is 3. The highest BCUT2D eigenvalue weighted by atomic mass is 32.1. The lowest BCUT2D eigenvalue weighted by atomic mass is 10.0. The molecule has 9 rings (SSSR count). The average Bonchev–Trinajstić information content (AvgIpc) is 3.78. The van der Waals surface area contributed by atoms with E-state index in [2.05, 4.69) is 181 Å². The van der Waals surface area contributed by atoms with Gasteiger partial charge in [0.05, 0.1) is 0 Å². The van der Waals surface area contributed by atoms with E-state index in [1.807, 2.05) is 22.7 Å². The van der Waals surface area contributed by atoms with Crippen molar-refractivity contribution in [2.24, 2.45) is 0 Å². The van der Waals surface area contributed by atoms with Crippen LogP contribution in [0.1, 0.15) is 0 Å². The Bertz CT molecular complexity index is 2320. The topological polar surface area (TPSA) is 3.24 Å². The highest BCUT2D eigenvalue weighted by molar-refractivity contribution is 7.22. The van der Waals surface area contributed by atoms with Crippen LogP contribution in [0.15, 0.2) is 176 Å². The van der Waals surface area contributed by atoms with Gasteiger partial charge >= 0.3 is 0 Å². The van der Waals surface area contributed by atoms with Crippen molar-refractivity contribution in [2.45, 2.75) is 0 Å². The van der Waals surface area contributed by atoms with Gasteiger partial charge in [0, 0.05) is 36.2 Å². The van der Waals surface area contributed by atoms with Crippen molar-refractivity contribution in [2.75, 3.05) is 4.90 Å². The Morgan fingerprint density at radius 3 is 1.19 bits per heavy atom. The van der Waals surface area contributed by atoms with Crippen molar-refractivity contribution in [3.8, 4) is 32.0 Å². The van der Waals surface area contributed by atoms with E-state index in [0.29, 0.717) is 0 Å². The summed E-state index contributed by atoms with van der Waals surface area (Å²) in [4.78, 5) is 4.93. The van der Waals surface area contributed by atoms with Gasteiger partial charge in [0.25, 0.3) is 0 Å². The largest absolute Gasteiger partial charge is 0.311 e. The summed E-state index contributed by atoms with van der Waals surface area (Å²) in [5.74, 6) is 0. The Morgan fingerprint density at radius 2 is 0.702 bits per heavy atom. The Labute approximate surface area is 282 Å². The molecule has 0 unspecified atom stereocenters. The summed E-state index contributed by atoms with van der Waals surface area (Å²) in [7, 11) is 0. The first-order valence-electron chi connectivity index (χ1n) is 15.8. The second kappa shape index (κ2) is 11.7. The predicted molar refractivity (Wildman–Crippen MR) is 206 cm³/mol. The summed E-state index contributed by atoms with van der Waals surface area (Å²) in [6, 6.07) is 64.0. The number of fused-ring (bicyclic) bond motifs is 3. The SMILES string of the molecule is c1ccc2cc(-c3ccc(N(c4ccc(-c5cc6ccccc6s5)cc4)c4ccc(-c5cc6ccccc6s5)cc4)cc3)ccc2c1. The maximum absolute atomic E-state index is 2.35. The third kappa shape index (κ3) is 5.30. The van der Waals surface area contributed by atoms with Crippen molar-refractivity contribution in [3.05, 3.63) is 176 Å². The fourth-order valence-electron chi connectivity index (χ4n) is 6.42. The van der Waals surface area contributed by atoms with Crippen LogP contribution < -0.4 is 4.90 Å². The van der Waals surface area contributed by atoms with Crippen molar-refractivity contribution >= 4 is 70.7 Å². The van der Waals surface area contributed by atoms with Crippen molar-refractivity contribution < 1.29 is 0 Å². The fraction of sp³-hybridized carbons (Fsp3) is 0. The van der Waals surface area contributed by atoms with Gasteiger partial charge in [0.15, 0.2) is 0 Å². The number of hydrogen-bond donors (Lipinski definition) is 0. The molecule has 0 amide bonds. The zero-order chi connectivity index (χ0) is 31.2. The van der Waals surface area contributed by atoms with Gasteiger partial charge in [-0.3, -0.25) is 0 Å². The minimum atomic E-state index is 1.12. The summed E-state index contributed by atoms with van der Waals surface area (Å²) in [5, 5.41) is 5.11. The van der Waals surface area contributed by atoms with Crippen LogP contribution in [0.4, 0.5) is 17.1 Å². The van der Waals surface area contributed by atoms with Gasteiger partial charge in [-0.2, -0.15) is 0 Å². The molecule has 0 aliphatic heterocycles. The van der Waals surface area contributed by atoms with Crippen LogP contribution in [0.2, 0.25) is 0 Å². The number of thiophene rings is 2. The van der Waals surface area contributed by atoms with E-state index in [1.54, 1.807) is 0 Å². The van der Waals surface area contributed by atoms with Crippen LogP contribution in [0.3, 0.4) is 0 Å². The lowest BCUT2D eigenvalue weighted by molar-refractivity contribution is 1.28. The van der Waals surface area contributed by atoms with E-state index in [-0.39, 0.29) is 0 Å². The predicted octanol–water partition coefficient (Wildman–Crippen LogP) is 13.7. The molecule has 0 N–H and O–H groups in total. The van der Waals surface area contributed by atoms with E-state index < -0.39 is 0 Å². The molecule has 0 aliphatic carbocycles. The van der Waals surface area contributed by atoms with Crippen LogP contribution in [0.25, 0.3) is 63.0 Å². The van der Waals surface area contributed by atoms with E-state index >= 15 is 0 Å². The van der Waals surface area contributed by atoms with Gasteiger partial charge in [-0.25, -0.2) is 0 Å². The van der Waals surface area contributed by atoms with Gasteiger partial charge in [0.1, 0.15) is 0 Å². The van der Waals surface area contributed by atoms with E-state index in [1.165, 1.54) is 63.0 Å². The van der Waals surface area contributed by atoms with Gasteiger partial charge < -0.3 is 4.90 Å². The normalized spacial score (nSPS) is 11.4. The molecule has 0 saturated carbocycles. The third-order valence-corrected chi connectivity index (χ3v) is 11.2. The van der Waals surface area contributed by atoms with Crippen molar-refractivity contribution in [1.29, 1.82) is 0 Å². The summed E-state index contributed by atoms with van der Waals surface area (Å²) >= 11 is 3.69. The highest BCUT2D eigenvalue weighted by Crippen LogP contribution is 2.40. The molecule has 222 valence electrons. The Balaban J connectivity index is 1.09. The molecule has 0 saturated heterocycles. The highest BCUT2D eigenvalue weighted by Gasteiger charge is 2.15. The van der Waals surface area contributed by atoms with Crippen LogP contribution in [0.5, 0.6) is 0 Å².